The summed E-state index contributed by atoms with van der Waals surface area (Å²) in [6.07, 6.45) is 2.77. The zero-order valence-corrected chi connectivity index (χ0v) is 6.27. The first-order valence-corrected chi connectivity index (χ1v) is 3.60. The minimum absolute atomic E-state index is 0.154. The van der Waals surface area contributed by atoms with Crippen molar-refractivity contribution in [1.82, 2.24) is 0 Å². The molecule has 0 aliphatic heterocycles. The molecule has 0 aromatic carbocycles. The molecule has 0 amide bonds. The van der Waals surface area contributed by atoms with Gasteiger partial charge in [0.25, 0.3) is 0 Å². The van der Waals surface area contributed by atoms with Gasteiger partial charge in [0.1, 0.15) is 5.78 Å². The van der Waals surface area contributed by atoms with Crippen LogP contribution in [0.15, 0.2) is 17.4 Å². The predicted octanol–water partition coefficient (Wildman–Crippen LogP) is 1.70. The fraction of sp³-hybridized carbons (Fsp3) is 0.556. The lowest BCUT2D eigenvalue weighted by Crippen LogP contribution is -2.43. The molecule has 0 N–H and O–H groups in total. The molecule has 2 rings (SSSR count). The molecule has 0 saturated heterocycles. The molecule has 1 fully saturated rings. The Morgan fingerprint density at radius 3 is 2.90 bits per heavy atom. The number of rotatable bonds is 0. The Balaban J connectivity index is 2.39. The molecule has 10 heavy (non-hydrogen) atoms. The van der Waals surface area contributed by atoms with Gasteiger partial charge in [-0.2, -0.15) is 0 Å². The van der Waals surface area contributed by atoms with Crippen molar-refractivity contribution in [2.45, 2.75) is 20.3 Å². The van der Waals surface area contributed by atoms with Crippen LogP contribution < -0.4 is 0 Å². The van der Waals surface area contributed by atoms with E-state index in [-0.39, 0.29) is 11.3 Å². The summed E-state index contributed by atoms with van der Waals surface area (Å²) >= 11 is 0. The van der Waals surface area contributed by atoms with E-state index in [9.17, 15) is 4.79 Å². The van der Waals surface area contributed by atoms with Crippen LogP contribution in [-0.2, 0) is 4.79 Å². The summed E-state index contributed by atoms with van der Waals surface area (Å²) in [6.45, 7) is 4.12. The number of Topliss-reactive ketones (excluding diaryl/α,β-unsaturated/α-hetero) is 1. The molecule has 2 aliphatic carbocycles. The number of hydrogen-bond acceptors (Lipinski definition) is 1. The van der Waals surface area contributed by atoms with Crippen LogP contribution in [0.2, 0.25) is 0 Å². The second-order valence-electron chi connectivity index (χ2n) is 3.55. The van der Waals surface area contributed by atoms with E-state index >= 15 is 0 Å². The van der Waals surface area contributed by atoms with Crippen molar-refractivity contribution in [3.8, 4) is 0 Å². The molecule has 52 valence electrons. The molecule has 0 bridgehead atoms. The molecule has 1 nitrogen and oxygen atoms in total. The van der Waals surface area contributed by atoms with Crippen LogP contribution in [0.3, 0.4) is 0 Å². The van der Waals surface area contributed by atoms with Crippen molar-refractivity contribution < 1.29 is 4.79 Å². The average Bonchev–Trinajstić information content (AvgIpc) is 2.03. The Labute approximate surface area is 60.4 Å². The van der Waals surface area contributed by atoms with Gasteiger partial charge >= 0.3 is 0 Å². The van der Waals surface area contributed by atoms with Gasteiger partial charge in [0.15, 0.2) is 0 Å². The van der Waals surface area contributed by atoms with Gasteiger partial charge in [-0.25, -0.2) is 0 Å². The molecular weight excluding hydrogens is 124 g/mol. The third kappa shape index (κ3) is 0.471. The SMILES string of the molecule is CC1=C=CC2(C)CC(=O)C12. The summed E-state index contributed by atoms with van der Waals surface area (Å²) in [5.74, 6) is 0.578. The highest BCUT2D eigenvalue weighted by atomic mass is 16.1. The summed E-state index contributed by atoms with van der Waals surface area (Å²) in [4.78, 5) is 11.0. The predicted molar refractivity (Wildman–Crippen MR) is 38.5 cm³/mol. The molecule has 2 aliphatic rings. The molecular formula is C9H10O. The molecule has 1 heteroatoms. The fourth-order valence-electron chi connectivity index (χ4n) is 2.05. The monoisotopic (exact) mass is 134 g/mol. The third-order valence-electron chi connectivity index (χ3n) is 2.60. The van der Waals surface area contributed by atoms with Gasteiger partial charge in [0.2, 0.25) is 0 Å². The van der Waals surface area contributed by atoms with Crippen LogP contribution in [0.4, 0.5) is 0 Å². The molecule has 0 heterocycles. The van der Waals surface area contributed by atoms with Crippen LogP contribution in [0.25, 0.3) is 0 Å². The fourth-order valence-corrected chi connectivity index (χ4v) is 2.05. The number of carbonyl (C=O) groups is 1. The van der Waals surface area contributed by atoms with Gasteiger partial charge < -0.3 is 0 Å². The zero-order chi connectivity index (χ0) is 7.35. The van der Waals surface area contributed by atoms with E-state index in [1.54, 1.807) is 0 Å². The average molecular weight is 134 g/mol. The second-order valence-corrected chi connectivity index (χ2v) is 3.55. The summed E-state index contributed by atoms with van der Waals surface area (Å²) < 4.78 is 0. The number of carbonyl (C=O) groups excluding carboxylic acids is 1. The molecule has 0 spiro atoms. The van der Waals surface area contributed by atoms with E-state index in [0.717, 1.165) is 12.0 Å². The van der Waals surface area contributed by atoms with Crippen LogP contribution >= 0.6 is 0 Å². The molecule has 0 aromatic rings. The van der Waals surface area contributed by atoms with Crippen molar-refractivity contribution >= 4 is 5.78 Å². The van der Waals surface area contributed by atoms with Crippen LogP contribution in [-0.4, -0.2) is 5.78 Å². The quantitative estimate of drug-likeness (QED) is 0.461. The zero-order valence-electron chi connectivity index (χ0n) is 6.27. The first-order valence-electron chi connectivity index (χ1n) is 3.60. The van der Waals surface area contributed by atoms with Crippen LogP contribution in [0, 0.1) is 11.3 Å². The minimum atomic E-state index is 0.154. The van der Waals surface area contributed by atoms with Crippen molar-refractivity contribution in [2.75, 3.05) is 0 Å². The van der Waals surface area contributed by atoms with Gasteiger partial charge in [-0.1, -0.05) is 6.92 Å². The summed E-state index contributed by atoms with van der Waals surface area (Å²) in [6, 6.07) is 0. The summed E-state index contributed by atoms with van der Waals surface area (Å²) in [5.41, 5.74) is 4.40. The first kappa shape index (κ1) is 5.94. The third-order valence-corrected chi connectivity index (χ3v) is 2.60. The number of allylic oxidation sites excluding steroid dienone is 1. The second kappa shape index (κ2) is 1.43. The van der Waals surface area contributed by atoms with Gasteiger partial charge in [-0.15, -0.1) is 5.73 Å². The topological polar surface area (TPSA) is 17.1 Å². The molecule has 2 unspecified atom stereocenters. The van der Waals surface area contributed by atoms with Gasteiger partial charge in [-0.05, 0) is 18.6 Å². The Bertz CT molecular complexity index is 268. The number of ketones is 1. The Morgan fingerprint density at radius 2 is 2.50 bits per heavy atom. The van der Waals surface area contributed by atoms with Crippen molar-refractivity contribution in [3.05, 3.63) is 17.4 Å². The maximum absolute atomic E-state index is 11.0. The highest BCUT2D eigenvalue weighted by Gasteiger charge is 2.51. The van der Waals surface area contributed by atoms with Gasteiger partial charge in [0.05, 0.1) is 5.92 Å². The van der Waals surface area contributed by atoms with Crippen molar-refractivity contribution in [1.29, 1.82) is 0 Å². The smallest absolute Gasteiger partial charge is 0.142 e. The van der Waals surface area contributed by atoms with E-state index < -0.39 is 0 Å². The Kier molecular flexibility index (Phi) is 0.851. The van der Waals surface area contributed by atoms with Gasteiger partial charge in [-0.3, -0.25) is 4.79 Å². The van der Waals surface area contributed by atoms with E-state index in [4.69, 9.17) is 0 Å². The minimum Gasteiger partial charge on any atom is -0.299 e. The molecule has 2 atom stereocenters. The maximum atomic E-state index is 11.0. The van der Waals surface area contributed by atoms with Crippen molar-refractivity contribution in [3.63, 3.8) is 0 Å². The van der Waals surface area contributed by atoms with Crippen LogP contribution in [0.1, 0.15) is 20.3 Å². The molecule has 0 aromatic heterocycles. The maximum Gasteiger partial charge on any atom is 0.142 e. The lowest BCUT2D eigenvalue weighted by molar-refractivity contribution is -0.135. The normalized spacial score (nSPS) is 42.8. The number of hydrogen-bond donors (Lipinski definition) is 0. The summed E-state index contributed by atoms with van der Waals surface area (Å²) in [5, 5.41) is 0. The molecule has 0 radical (unpaired) electrons. The van der Waals surface area contributed by atoms with Crippen molar-refractivity contribution in [2.24, 2.45) is 11.3 Å². The lowest BCUT2D eigenvalue weighted by Gasteiger charge is -2.40. The highest BCUT2D eigenvalue weighted by Crippen LogP contribution is 2.50. The van der Waals surface area contributed by atoms with Crippen LogP contribution in [0.5, 0.6) is 0 Å². The lowest BCUT2D eigenvalue weighted by atomic mass is 9.61. The number of fused-ring (bicyclic) bond motifs is 1. The Morgan fingerprint density at radius 1 is 1.80 bits per heavy atom. The largest absolute Gasteiger partial charge is 0.299 e. The van der Waals surface area contributed by atoms with E-state index in [1.165, 1.54) is 0 Å². The molecule has 1 saturated carbocycles. The standard InChI is InChI=1S/C9H10O/c1-6-3-4-9(2)5-7(10)8(6)9/h4,8H,5H2,1-2H3. The summed E-state index contributed by atoms with van der Waals surface area (Å²) in [7, 11) is 0. The Hall–Kier alpha value is -0.810. The van der Waals surface area contributed by atoms with E-state index in [0.29, 0.717) is 5.78 Å². The first-order chi connectivity index (χ1) is 4.63. The van der Waals surface area contributed by atoms with E-state index in [1.807, 2.05) is 6.92 Å². The van der Waals surface area contributed by atoms with E-state index in [2.05, 4.69) is 18.7 Å². The highest BCUT2D eigenvalue weighted by molar-refractivity contribution is 5.93. The van der Waals surface area contributed by atoms with Gasteiger partial charge in [0, 0.05) is 11.8 Å².